The molecule has 2 fully saturated rings. The first-order valence-electron chi connectivity index (χ1n) is 8.54. The number of aliphatic imine (C=N–C) groups is 1. The fraction of sp³-hybridized carbons (Fsp3) is 0.938. The van der Waals surface area contributed by atoms with Gasteiger partial charge >= 0.3 is 0 Å². The summed E-state index contributed by atoms with van der Waals surface area (Å²) in [5, 5.41) is 0. The summed E-state index contributed by atoms with van der Waals surface area (Å²) in [6, 6.07) is 0.631. The van der Waals surface area contributed by atoms with Crippen molar-refractivity contribution in [2.24, 2.45) is 10.7 Å². The SMILES string of the molecule is CC(C)N1CCCC2(CC1)CN=C(N)N2CC1CCCO1. The molecule has 3 rings (SSSR count). The molecule has 3 aliphatic rings. The average Bonchev–Trinajstić information content (AvgIpc) is 2.99. The standard InChI is InChI=1S/C16H30N4O/c1-13(2)19-8-4-6-16(7-9-19)12-18-15(17)20(16)11-14-5-3-10-21-14/h13-14H,3-12H2,1-2H3,(H2,17,18). The van der Waals surface area contributed by atoms with Crippen LogP contribution in [0.2, 0.25) is 0 Å². The van der Waals surface area contributed by atoms with E-state index in [4.69, 9.17) is 10.5 Å². The summed E-state index contributed by atoms with van der Waals surface area (Å²) in [4.78, 5) is 9.57. The first-order valence-corrected chi connectivity index (χ1v) is 8.54. The van der Waals surface area contributed by atoms with E-state index in [0.717, 1.165) is 38.6 Å². The van der Waals surface area contributed by atoms with Crippen LogP contribution in [0.4, 0.5) is 0 Å². The van der Waals surface area contributed by atoms with Crippen LogP contribution < -0.4 is 5.73 Å². The Hall–Kier alpha value is -0.810. The van der Waals surface area contributed by atoms with Gasteiger partial charge in [-0.2, -0.15) is 0 Å². The molecule has 2 atom stereocenters. The Morgan fingerprint density at radius 1 is 1.33 bits per heavy atom. The zero-order chi connectivity index (χ0) is 14.9. The monoisotopic (exact) mass is 294 g/mol. The number of guanidine groups is 1. The van der Waals surface area contributed by atoms with Gasteiger partial charge in [0.2, 0.25) is 0 Å². The van der Waals surface area contributed by atoms with E-state index in [1.165, 1.54) is 32.2 Å². The van der Waals surface area contributed by atoms with Crippen LogP contribution in [-0.4, -0.2) is 66.2 Å². The van der Waals surface area contributed by atoms with Crippen molar-refractivity contribution >= 4 is 5.96 Å². The first-order chi connectivity index (χ1) is 10.1. The summed E-state index contributed by atoms with van der Waals surface area (Å²) in [5.41, 5.74) is 6.37. The molecule has 0 amide bonds. The number of hydrogen-bond donors (Lipinski definition) is 1. The second-order valence-electron chi connectivity index (χ2n) is 7.13. The largest absolute Gasteiger partial charge is 0.376 e. The Morgan fingerprint density at radius 3 is 2.90 bits per heavy atom. The zero-order valence-electron chi connectivity index (χ0n) is 13.6. The third-order valence-electron chi connectivity index (χ3n) is 5.48. The molecule has 1 spiro atoms. The predicted octanol–water partition coefficient (Wildman–Crippen LogP) is 1.43. The van der Waals surface area contributed by atoms with E-state index in [1.54, 1.807) is 0 Å². The Labute approximate surface area is 128 Å². The summed E-state index contributed by atoms with van der Waals surface area (Å²) in [5.74, 6) is 0.739. The lowest BCUT2D eigenvalue weighted by molar-refractivity contribution is 0.0603. The van der Waals surface area contributed by atoms with Gasteiger partial charge in [0.25, 0.3) is 0 Å². The first kappa shape index (κ1) is 15.1. The normalized spacial score (nSPS) is 34.7. The van der Waals surface area contributed by atoms with Crippen LogP contribution in [0.5, 0.6) is 0 Å². The van der Waals surface area contributed by atoms with Crippen LogP contribution >= 0.6 is 0 Å². The van der Waals surface area contributed by atoms with Crippen molar-refractivity contribution in [2.75, 3.05) is 32.8 Å². The summed E-state index contributed by atoms with van der Waals surface area (Å²) >= 11 is 0. The maximum atomic E-state index is 6.21. The van der Waals surface area contributed by atoms with Gasteiger partial charge in [-0.25, -0.2) is 0 Å². The Kier molecular flexibility index (Phi) is 4.41. The topological polar surface area (TPSA) is 54.1 Å². The van der Waals surface area contributed by atoms with E-state index in [-0.39, 0.29) is 5.54 Å². The third kappa shape index (κ3) is 3.04. The molecule has 0 aromatic carbocycles. The number of likely N-dealkylation sites (tertiary alicyclic amines) is 1. The number of ether oxygens (including phenoxy) is 1. The van der Waals surface area contributed by atoms with Crippen molar-refractivity contribution in [3.05, 3.63) is 0 Å². The van der Waals surface area contributed by atoms with Crippen LogP contribution in [0.3, 0.4) is 0 Å². The van der Waals surface area contributed by atoms with Crippen molar-refractivity contribution in [3.8, 4) is 0 Å². The Morgan fingerprint density at radius 2 is 2.19 bits per heavy atom. The van der Waals surface area contributed by atoms with Gasteiger partial charge in [0.1, 0.15) is 0 Å². The summed E-state index contributed by atoms with van der Waals surface area (Å²) < 4.78 is 5.83. The highest BCUT2D eigenvalue weighted by Crippen LogP contribution is 2.34. The van der Waals surface area contributed by atoms with Crippen LogP contribution in [0.15, 0.2) is 4.99 Å². The van der Waals surface area contributed by atoms with E-state index in [2.05, 4.69) is 28.6 Å². The zero-order valence-corrected chi connectivity index (χ0v) is 13.6. The van der Waals surface area contributed by atoms with Crippen molar-refractivity contribution in [3.63, 3.8) is 0 Å². The van der Waals surface area contributed by atoms with Crippen molar-refractivity contribution < 1.29 is 4.74 Å². The minimum Gasteiger partial charge on any atom is -0.376 e. The van der Waals surface area contributed by atoms with Crippen LogP contribution in [-0.2, 0) is 4.74 Å². The number of hydrogen-bond acceptors (Lipinski definition) is 5. The van der Waals surface area contributed by atoms with Gasteiger partial charge in [-0.15, -0.1) is 0 Å². The molecule has 0 radical (unpaired) electrons. The van der Waals surface area contributed by atoms with Crippen LogP contribution in [0, 0.1) is 0 Å². The molecule has 2 unspecified atom stereocenters. The number of nitrogens with zero attached hydrogens (tertiary/aromatic N) is 3. The molecule has 5 nitrogen and oxygen atoms in total. The lowest BCUT2D eigenvalue weighted by Crippen LogP contribution is -2.54. The molecule has 3 heterocycles. The van der Waals surface area contributed by atoms with Gasteiger partial charge in [0, 0.05) is 25.7 Å². The molecule has 0 saturated carbocycles. The number of nitrogens with two attached hydrogens (primary N) is 1. The quantitative estimate of drug-likeness (QED) is 0.855. The molecule has 0 aromatic rings. The van der Waals surface area contributed by atoms with Crippen LogP contribution in [0.25, 0.3) is 0 Å². The van der Waals surface area contributed by atoms with E-state index in [0.29, 0.717) is 12.1 Å². The summed E-state index contributed by atoms with van der Waals surface area (Å²) in [6.07, 6.45) is 6.30. The van der Waals surface area contributed by atoms with Gasteiger partial charge in [0.15, 0.2) is 5.96 Å². The van der Waals surface area contributed by atoms with E-state index < -0.39 is 0 Å². The molecular weight excluding hydrogens is 264 g/mol. The lowest BCUT2D eigenvalue weighted by Gasteiger charge is -2.40. The van der Waals surface area contributed by atoms with Gasteiger partial charge in [0.05, 0.1) is 18.2 Å². The van der Waals surface area contributed by atoms with E-state index >= 15 is 0 Å². The van der Waals surface area contributed by atoms with Gasteiger partial charge < -0.3 is 20.3 Å². The van der Waals surface area contributed by atoms with E-state index in [1.807, 2.05) is 0 Å². The van der Waals surface area contributed by atoms with E-state index in [9.17, 15) is 0 Å². The van der Waals surface area contributed by atoms with Crippen LogP contribution in [0.1, 0.15) is 46.0 Å². The lowest BCUT2D eigenvalue weighted by atomic mass is 9.89. The highest BCUT2D eigenvalue weighted by molar-refractivity contribution is 5.81. The molecule has 0 aromatic heterocycles. The van der Waals surface area contributed by atoms with Crippen molar-refractivity contribution in [1.29, 1.82) is 0 Å². The molecule has 0 bridgehead atoms. The minimum atomic E-state index is 0.152. The molecule has 0 aliphatic carbocycles. The fourth-order valence-electron chi connectivity index (χ4n) is 4.07. The molecule has 120 valence electrons. The molecule has 5 heteroatoms. The second-order valence-corrected chi connectivity index (χ2v) is 7.13. The summed E-state index contributed by atoms with van der Waals surface area (Å²) in [6.45, 7) is 9.65. The fourth-order valence-corrected chi connectivity index (χ4v) is 4.07. The summed E-state index contributed by atoms with van der Waals surface area (Å²) in [7, 11) is 0. The third-order valence-corrected chi connectivity index (χ3v) is 5.48. The van der Waals surface area contributed by atoms with Gasteiger partial charge in [-0.3, -0.25) is 4.99 Å². The molecule has 3 aliphatic heterocycles. The van der Waals surface area contributed by atoms with Gasteiger partial charge in [-0.1, -0.05) is 0 Å². The maximum Gasteiger partial charge on any atom is 0.191 e. The maximum absolute atomic E-state index is 6.21. The number of rotatable bonds is 3. The molecule has 21 heavy (non-hydrogen) atoms. The molecule has 2 N–H and O–H groups in total. The highest BCUT2D eigenvalue weighted by Gasteiger charge is 2.44. The molecular formula is C16H30N4O. The minimum absolute atomic E-state index is 0.152. The predicted molar refractivity (Wildman–Crippen MR) is 85.5 cm³/mol. The average molecular weight is 294 g/mol. The highest BCUT2D eigenvalue weighted by atomic mass is 16.5. The van der Waals surface area contributed by atoms with Crippen molar-refractivity contribution in [1.82, 2.24) is 9.80 Å². The molecule has 2 saturated heterocycles. The van der Waals surface area contributed by atoms with Gasteiger partial charge in [-0.05, 0) is 52.5 Å². The smallest absolute Gasteiger partial charge is 0.191 e. The Balaban J connectivity index is 1.69. The Bertz CT molecular complexity index is 392. The second kappa shape index (κ2) is 6.13. The van der Waals surface area contributed by atoms with Crippen molar-refractivity contribution in [2.45, 2.75) is 63.6 Å².